The Morgan fingerprint density at radius 3 is 1.56 bits per heavy atom. The summed E-state index contributed by atoms with van der Waals surface area (Å²) in [4.78, 5) is 4.81. The molecule has 1 aromatic heterocycles. The monoisotopic (exact) mass is 843 g/mol. The van der Waals surface area contributed by atoms with Gasteiger partial charge in [-0.3, -0.25) is 0 Å². The van der Waals surface area contributed by atoms with Crippen LogP contribution >= 0.6 is 0 Å². The third kappa shape index (κ3) is 6.86. The van der Waals surface area contributed by atoms with Crippen molar-refractivity contribution in [2.45, 2.75) is 6.92 Å². The molecule has 66 heavy (non-hydrogen) atoms. The Labute approximate surface area is 385 Å². The number of para-hydroxylation sites is 2. The second-order valence-corrected chi connectivity index (χ2v) is 17.0. The Bertz CT molecular complexity index is 3680. The maximum Gasteiger partial charge on any atom is 0.0542 e. The molecule has 0 saturated heterocycles. The van der Waals surface area contributed by atoms with Crippen LogP contribution in [0.3, 0.4) is 0 Å². The maximum absolute atomic E-state index is 2.42. The molecule has 0 N–H and O–H groups in total. The lowest BCUT2D eigenvalue weighted by molar-refractivity contribution is 1.18. The first kappa shape index (κ1) is 39.0. The van der Waals surface area contributed by atoms with Crippen LogP contribution in [0.5, 0.6) is 0 Å². The molecule has 1 heterocycles. The third-order valence-corrected chi connectivity index (χ3v) is 13.0. The SMILES string of the molecule is Cc1ccc(N(c2cccc3ccccc23)c2ccc(-c3ccc(N(c4ccc(-c5ccccc5)cc4)c4ccc5c(c4)c4ccccc4n5-c4ccccc4)cc3)c3ccccc23)cc1. The standard InChI is InChI=1S/C63H45N3/c1-44-27-33-52(34-28-44)66(60-26-14-18-47-17-8-9-21-55(47)60)62-42-40-54(56-22-10-11-23-57(56)62)48-31-37-51(38-32-48)64(50-35-29-46(30-36-50)45-15-4-2-5-16-45)53-39-41-63-59(43-53)58-24-12-13-25-61(58)65(63)49-19-6-3-7-20-49/h2-43H,1H3. The van der Waals surface area contributed by atoms with Crippen LogP contribution in [-0.4, -0.2) is 4.57 Å². The molecule has 0 fully saturated rings. The van der Waals surface area contributed by atoms with E-state index in [0.717, 1.165) is 45.4 Å². The highest BCUT2D eigenvalue weighted by Gasteiger charge is 2.21. The largest absolute Gasteiger partial charge is 0.310 e. The summed E-state index contributed by atoms with van der Waals surface area (Å²) in [6.45, 7) is 2.15. The predicted octanol–water partition coefficient (Wildman–Crippen LogP) is 17.7. The fourth-order valence-corrected chi connectivity index (χ4v) is 9.86. The highest BCUT2D eigenvalue weighted by molar-refractivity contribution is 6.11. The van der Waals surface area contributed by atoms with E-state index < -0.39 is 0 Å². The normalized spacial score (nSPS) is 11.4. The molecule has 3 nitrogen and oxygen atoms in total. The molecule has 0 saturated carbocycles. The number of aryl methyl sites for hydroxylation is 1. The minimum atomic E-state index is 1.08. The van der Waals surface area contributed by atoms with Crippen LogP contribution in [0.15, 0.2) is 255 Å². The molecule has 312 valence electrons. The maximum atomic E-state index is 2.42. The first-order valence-electron chi connectivity index (χ1n) is 22.7. The lowest BCUT2D eigenvalue weighted by Gasteiger charge is -2.29. The number of benzene rings is 11. The average Bonchev–Trinajstić information content (AvgIpc) is 3.72. The van der Waals surface area contributed by atoms with E-state index in [0.29, 0.717) is 0 Å². The summed E-state index contributed by atoms with van der Waals surface area (Å²) in [6, 6.07) is 92.6. The molecule has 0 unspecified atom stereocenters. The highest BCUT2D eigenvalue weighted by Crippen LogP contribution is 2.45. The van der Waals surface area contributed by atoms with E-state index >= 15 is 0 Å². The molecule has 0 aliphatic heterocycles. The van der Waals surface area contributed by atoms with Gasteiger partial charge in [-0.05, 0) is 125 Å². The molecule has 0 amide bonds. The predicted molar refractivity (Wildman–Crippen MR) is 281 cm³/mol. The van der Waals surface area contributed by atoms with E-state index in [2.05, 4.69) is 276 Å². The molecule has 0 radical (unpaired) electrons. The summed E-state index contributed by atoms with van der Waals surface area (Å²) < 4.78 is 2.37. The van der Waals surface area contributed by atoms with Crippen molar-refractivity contribution in [3.8, 4) is 27.9 Å². The van der Waals surface area contributed by atoms with Gasteiger partial charge >= 0.3 is 0 Å². The smallest absolute Gasteiger partial charge is 0.0542 e. The lowest BCUT2D eigenvalue weighted by atomic mass is 9.95. The van der Waals surface area contributed by atoms with Gasteiger partial charge in [0.15, 0.2) is 0 Å². The number of aromatic nitrogens is 1. The van der Waals surface area contributed by atoms with E-state index in [1.54, 1.807) is 0 Å². The van der Waals surface area contributed by atoms with Crippen molar-refractivity contribution in [3.05, 3.63) is 260 Å². The molecular formula is C63H45N3. The first-order chi connectivity index (χ1) is 32.7. The summed E-state index contributed by atoms with van der Waals surface area (Å²) in [7, 11) is 0. The molecule has 0 aliphatic carbocycles. The van der Waals surface area contributed by atoms with Gasteiger partial charge in [-0.15, -0.1) is 0 Å². The van der Waals surface area contributed by atoms with Crippen LogP contribution in [0, 0.1) is 6.92 Å². The Morgan fingerprint density at radius 2 is 0.818 bits per heavy atom. The fraction of sp³-hybridized carbons (Fsp3) is 0.0159. The van der Waals surface area contributed by atoms with Crippen molar-refractivity contribution in [3.63, 3.8) is 0 Å². The molecule has 0 aliphatic rings. The molecular weight excluding hydrogens is 799 g/mol. The van der Waals surface area contributed by atoms with E-state index in [4.69, 9.17) is 0 Å². The Balaban J connectivity index is 0.983. The van der Waals surface area contributed by atoms with Crippen molar-refractivity contribution >= 4 is 77.5 Å². The number of fused-ring (bicyclic) bond motifs is 5. The zero-order valence-corrected chi connectivity index (χ0v) is 36.6. The van der Waals surface area contributed by atoms with Crippen LogP contribution in [0.1, 0.15) is 5.56 Å². The van der Waals surface area contributed by atoms with Crippen molar-refractivity contribution in [1.82, 2.24) is 4.57 Å². The van der Waals surface area contributed by atoms with Crippen LogP contribution < -0.4 is 9.80 Å². The molecule has 0 spiro atoms. The molecule has 0 bridgehead atoms. The summed E-state index contributed by atoms with van der Waals surface area (Å²) in [6.07, 6.45) is 0. The third-order valence-electron chi connectivity index (χ3n) is 13.0. The zero-order chi connectivity index (χ0) is 44.0. The molecule has 11 aromatic carbocycles. The van der Waals surface area contributed by atoms with Crippen molar-refractivity contribution in [2.24, 2.45) is 0 Å². The summed E-state index contributed by atoms with van der Waals surface area (Å²) >= 11 is 0. The number of hydrogen-bond acceptors (Lipinski definition) is 2. The van der Waals surface area contributed by atoms with Crippen molar-refractivity contribution in [1.29, 1.82) is 0 Å². The summed E-state index contributed by atoms with van der Waals surface area (Å²) in [5.74, 6) is 0. The van der Waals surface area contributed by atoms with E-state index in [1.807, 2.05) is 0 Å². The van der Waals surface area contributed by atoms with Gasteiger partial charge in [0.2, 0.25) is 0 Å². The number of anilines is 6. The van der Waals surface area contributed by atoms with Gasteiger partial charge in [0.25, 0.3) is 0 Å². The quantitative estimate of drug-likeness (QED) is 0.143. The van der Waals surface area contributed by atoms with Gasteiger partial charge < -0.3 is 14.4 Å². The minimum absolute atomic E-state index is 1.08. The average molecular weight is 844 g/mol. The van der Waals surface area contributed by atoms with Gasteiger partial charge in [-0.25, -0.2) is 0 Å². The van der Waals surface area contributed by atoms with Gasteiger partial charge in [0, 0.05) is 50.0 Å². The second kappa shape index (κ2) is 16.5. The van der Waals surface area contributed by atoms with Crippen LogP contribution in [-0.2, 0) is 0 Å². The van der Waals surface area contributed by atoms with Crippen LogP contribution in [0.2, 0.25) is 0 Å². The van der Waals surface area contributed by atoms with E-state index in [-0.39, 0.29) is 0 Å². The first-order valence-corrected chi connectivity index (χ1v) is 22.7. The number of rotatable bonds is 9. The molecule has 0 atom stereocenters. The topological polar surface area (TPSA) is 11.4 Å². The minimum Gasteiger partial charge on any atom is -0.310 e. The Morgan fingerprint density at radius 1 is 0.303 bits per heavy atom. The van der Waals surface area contributed by atoms with Crippen LogP contribution in [0.4, 0.5) is 34.1 Å². The molecule has 3 heteroatoms. The number of nitrogens with zero attached hydrogens (tertiary/aromatic N) is 3. The number of hydrogen-bond donors (Lipinski definition) is 0. The van der Waals surface area contributed by atoms with Crippen molar-refractivity contribution in [2.75, 3.05) is 9.80 Å². The van der Waals surface area contributed by atoms with Gasteiger partial charge in [-0.1, -0.05) is 175 Å². The van der Waals surface area contributed by atoms with Crippen molar-refractivity contribution < 1.29 is 0 Å². The van der Waals surface area contributed by atoms with E-state index in [9.17, 15) is 0 Å². The molecule has 12 aromatic rings. The highest BCUT2D eigenvalue weighted by atomic mass is 15.1. The Hall–Kier alpha value is -8.66. The van der Waals surface area contributed by atoms with Gasteiger partial charge in [-0.2, -0.15) is 0 Å². The Kier molecular flexibility index (Phi) is 9.73. The summed E-state index contributed by atoms with van der Waals surface area (Å²) in [5, 5.41) is 7.26. The van der Waals surface area contributed by atoms with Gasteiger partial charge in [0.05, 0.1) is 22.4 Å². The lowest BCUT2D eigenvalue weighted by Crippen LogP contribution is -2.11. The fourth-order valence-electron chi connectivity index (χ4n) is 9.86. The van der Waals surface area contributed by atoms with Gasteiger partial charge in [0.1, 0.15) is 0 Å². The van der Waals surface area contributed by atoms with Crippen LogP contribution in [0.25, 0.3) is 71.3 Å². The summed E-state index contributed by atoms with van der Waals surface area (Å²) in [5.41, 5.74) is 16.2. The van der Waals surface area contributed by atoms with E-state index in [1.165, 1.54) is 65.6 Å². The zero-order valence-electron chi connectivity index (χ0n) is 36.6. The second-order valence-electron chi connectivity index (χ2n) is 17.0. The molecule has 12 rings (SSSR count).